The van der Waals surface area contributed by atoms with Gasteiger partial charge in [0.05, 0.1) is 6.42 Å². The molecule has 47 heavy (non-hydrogen) atoms. The van der Waals surface area contributed by atoms with Crippen LogP contribution in [-0.4, -0.2) is 65.8 Å². The number of piperazine rings is 1. The maximum atomic E-state index is 14.0. The lowest BCUT2D eigenvalue weighted by molar-refractivity contribution is -0.141. The highest BCUT2D eigenvalue weighted by Gasteiger charge is 2.42. The van der Waals surface area contributed by atoms with Crippen LogP contribution in [0, 0.1) is 11.7 Å². The maximum absolute atomic E-state index is 14.0. The van der Waals surface area contributed by atoms with Gasteiger partial charge in [-0.15, -0.1) is 0 Å². The largest absolute Gasteiger partial charge is 0.437 e. The summed E-state index contributed by atoms with van der Waals surface area (Å²) in [5.41, 5.74) is 0.709. The van der Waals surface area contributed by atoms with E-state index in [1.54, 1.807) is 40.1 Å². The minimum Gasteiger partial charge on any atom is -0.420 e. The first kappa shape index (κ1) is 32.2. The van der Waals surface area contributed by atoms with Gasteiger partial charge in [-0.2, -0.15) is 18.2 Å². The van der Waals surface area contributed by atoms with Crippen molar-refractivity contribution in [3.8, 4) is 0 Å². The number of piperidine rings is 1. The highest BCUT2D eigenvalue weighted by Crippen LogP contribution is 2.36. The van der Waals surface area contributed by atoms with Gasteiger partial charge in [-0.1, -0.05) is 54.6 Å². The molecule has 12 heteroatoms. The number of alkyl halides is 3. The number of hydrogen-bond acceptors (Lipinski definition) is 7. The highest BCUT2D eigenvalue weighted by atomic mass is 19.4. The van der Waals surface area contributed by atoms with Gasteiger partial charge in [0.1, 0.15) is 11.6 Å². The van der Waals surface area contributed by atoms with Gasteiger partial charge in [-0.3, -0.25) is 9.59 Å². The number of ketones is 1. The van der Waals surface area contributed by atoms with E-state index in [1.807, 2.05) is 23.1 Å². The molecule has 0 N–H and O–H groups in total. The van der Waals surface area contributed by atoms with E-state index >= 15 is 0 Å². The van der Waals surface area contributed by atoms with Gasteiger partial charge in [0.2, 0.25) is 17.5 Å². The summed E-state index contributed by atoms with van der Waals surface area (Å²) in [5.74, 6) is -1.16. The van der Waals surface area contributed by atoms with Crippen molar-refractivity contribution in [2.24, 2.45) is 5.92 Å². The molecule has 0 aliphatic carbocycles. The minimum absolute atomic E-state index is 0.0103. The molecule has 2 aliphatic rings. The number of aromatic nitrogens is 2. The van der Waals surface area contributed by atoms with Crippen LogP contribution in [0.3, 0.4) is 0 Å². The summed E-state index contributed by atoms with van der Waals surface area (Å²) in [5, 5.41) is 0. The number of benzene rings is 2. The summed E-state index contributed by atoms with van der Waals surface area (Å²) in [6.45, 7) is 2.87. The lowest BCUT2D eigenvalue weighted by Gasteiger charge is -2.35. The zero-order valence-electron chi connectivity index (χ0n) is 25.8. The number of nitrogens with zero attached hydrogens (tertiary/aromatic N) is 5. The van der Waals surface area contributed by atoms with Crippen molar-refractivity contribution in [1.82, 2.24) is 14.9 Å². The number of carbonyl (C=O) groups excluding carboxylic acids is 2. The molecular weight excluding hydrogens is 614 g/mol. The number of carbonyl (C=O) groups is 2. The Kier molecular flexibility index (Phi) is 9.55. The summed E-state index contributed by atoms with van der Waals surface area (Å²) in [6, 6.07) is 19.5. The molecule has 2 aromatic heterocycles. The smallest absolute Gasteiger partial charge is 0.420 e. The van der Waals surface area contributed by atoms with Crippen LogP contribution >= 0.6 is 0 Å². The molecular formula is C35H35F4N5O3. The molecule has 2 fully saturated rings. The van der Waals surface area contributed by atoms with Crippen molar-refractivity contribution < 1.29 is 31.6 Å². The van der Waals surface area contributed by atoms with E-state index in [-0.39, 0.29) is 24.8 Å². The summed E-state index contributed by atoms with van der Waals surface area (Å²) >= 11 is 0. The number of hydrogen-bond donors (Lipinski definition) is 0. The number of oxazole rings is 1. The molecule has 2 aromatic carbocycles. The fraction of sp³-hybridized carbons (Fsp3) is 0.371. The molecule has 0 spiro atoms. The number of Topliss-reactive ketones (excluding diaryl/α,β-unsaturated/α-hetero) is 1. The zero-order valence-corrected chi connectivity index (χ0v) is 25.8. The molecule has 8 nitrogen and oxygen atoms in total. The number of rotatable bonds is 9. The molecule has 4 aromatic rings. The molecule has 2 saturated heterocycles. The van der Waals surface area contributed by atoms with Crippen LogP contribution in [0.1, 0.15) is 45.8 Å². The molecule has 0 radical (unpaired) electrons. The van der Waals surface area contributed by atoms with E-state index in [4.69, 9.17) is 4.42 Å². The van der Waals surface area contributed by atoms with Crippen molar-refractivity contribution >= 4 is 23.5 Å². The lowest BCUT2D eigenvalue weighted by Crippen LogP contribution is -2.49. The van der Waals surface area contributed by atoms with Gasteiger partial charge in [-0.05, 0) is 54.0 Å². The van der Waals surface area contributed by atoms with Crippen molar-refractivity contribution in [3.05, 3.63) is 107 Å². The normalized spacial score (nSPS) is 16.0. The summed E-state index contributed by atoms with van der Waals surface area (Å²) in [6.07, 6.45) is -1.27. The first-order valence-electron chi connectivity index (χ1n) is 15.7. The Morgan fingerprint density at radius 3 is 2.17 bits per heavy atom. The SMILES string of the molecule is O=C(Cc1ccc(N2CCN(C(=O)Cc3ccccc3F)CC2)nc1)c1oc(N2CCC(Cc3ccccc3)CC2)nc1C(F)(F)F. The van der Waals surface area contributed by atoms with Crippen molar-refractivity contribution in [1.29, 1.82) is 0 Å². The Hall–Kier alpha value is -4.74. The minimum atomic E-state index is -4.85. The molecule has 0 unspecified atom stereocenters. The Morgan fingerprint density at radius 1 is 0.809 bits per heavy atom. The summed E-state index contributed by atoms with van der Waals surface area (Å²) < 4.78 is 61.3. The highest BCUT2D eigenvalue weighted by molar-refractivity contribution is 5.96. The maximum Gasteiger partial charge on any atom is 0.437 e. The van der Waals surface area contributed by atoms with Gasteiger partial charge in [0.25, 0.3) is 6.01 Å². The second-order valence-electron chi connectivity index (χ2n) is 12.1. The molecule has 0 bridgehead atoms. The molecule has 6 rings (SSSR count). The Bertz CT molecular complexity index is 1680. The van der Waals surface area contributed by atoms with E-state index in [2.05, 4.69) is 22.1 Å². The van der Waals surface area contributed by atoms with E-state index in [9.17, 15) is 27.2 Å². The molecule has 4 heterocycles. The average molecular weight is 650 g/mol. The third kappa shape index (κ3) is 7.81. The Morgan fingerprint density at radius 2 is 1.51 bits per heavy atom. The van der Waals surface area contributed by atoms with Crippen LogP contribution in [0.4, 0.5) is 29.4 Å². The van der Waals surface area contributed by atoms with Crippen LogP contribution in [0.15, 0.2) is 77.3 Å². The van der Waals surface area contributed by atoms with E-state index in [1.165, 1.54) is 17.8 Å². The monoisotopic (exact) mass is 649 g/mol. The van der Waals surface area contributed by atoms with E-state index < -0.39 is 29.2 Å². The van der Waals surface area contributed by atoms with Crippen LogP contribution in [-0.2, 0) is 30.2 Å². The van der Waals surface area contributed by atoms with Gasteiger partial charge in [0, 0.05) is 51.9 Å². The van der Waals surface area contributed by atoms with Crippen LogP contribution in [0.25, 0.3) is 0 Å². The third-order valence-electron chi connectivity index (χ3n) is 8.82. The first-order chi connectivity index (χ1) is 22.6. The second-order valence-corrected chi connectivity index (χ2v) is 12.1. The predicted octanol–water partition coefficient (Wildman–Crippen LogP) is 6.00. The zero-order chi connectivity index (χ0) is 33.0. The number of amides is 1. The molecule has 1 amide bonds. The number of halogens is 4. The molecule has 2 aliphatic heterocycles. The molecule has 0 atom stereocenters. The van der Waals surface area contributed by atoms with Gasteiger partial charge in [-0.25, -0.2) is 9.37 Å². The predicted molar refractivity (Wildman–Crippen MR) is 168 cm³/mol. The first-order valence-corrected chi connectivity index (χ1v) is 15.7. The van der Waals surface area contributed by atoms with Crippen LogP contribution in [0.2, 0.25) is 0 Å². The van der Waals surface area contributed by atoms with E-state index in [0.717, 1.165) is 19.3 Å². The standard InChI is InChI=1S/C35H35F4N5O3/c36-28-9-5-4-8-27(28)22-31(46)43-18-16-42(17-19-43)30-11-10-26(23-40-30)21-29(45)32-33(35(37,38)39)41-34(47-32)44-14-12-25(13-15-44)20-24-6-2-1-3-7-24/h1-11,23,25H,12-22H2. The van der Waals surface area contributed by atoms with Gasteiger partial charge < -0.3 is 19.1 Å². The Labute approximate surface area is 270 Å². The van der Waals surface area contributed by atoms with Crippen LogP contribution in [0.5, 0.6) is 0 Å². The van der Waals surface area contributed by atoms with Crippen molar-refractivity contribution in [3.63, 3.8) is 0 Å². The fourth-order valence-corrected chi connectivity index (χ4v) is 6.18. The molecule has 246 valence electrons. The third-order valence-corrected chi connectivity index (χ3v) is 8.82. The topological polar surface area (TPSA) is 82.8 Å². The van der Waals surface area contributed by atoms with Crippen molar-refractivity contribution in [2.75, 3.05) is 49.1 Å². The lowest BCUT2D eigenvalue weighted by atomic mass is 9.90. The summed E-state index contributed by atoms with van der Waals surface area (Å²) in [7, 11) is 0. The second kappa shape index (κ2) is 13.9. The van der Waals surface area contributed by atoms with Crippen LogP contribution < -0.4 is 9.80 Å². The van der Waals surface area contributed by atoms with Gasteiger partial charge in [0.15, 0.2) is 5.69 Å². The van der Waals surface area contributed by atoms with E-state index in [0.29, 0.717) is 62.1 Å². The van der Waals surface area contributed by atoms with Gasteiger partial charge >= 0.3 is 6.18 Å². The quantitative estimate of drug-likeness (QED) is 0.163. The fourth-order valence-electron chi connectivity index (χ4n) is 6.18. The number of pyridine rings is 1. The average Bonchev–Trinajstić information content (AvgIpc) is 3.54. The van der Waals surface area contributed by atoms with Crippen molar-refractivity contribution in [2.45, 2.75) is 38.3 Å². The Balaban J connectivity index is 1.04. The summed E-state index contributed by atoms with van der Waals surface area (Å²) in [4.78, 5) is 39.3. The number of anilines is 2. The molecule has 0 saturated carbocycles.